The van der Waals surface area contributed by atoms with E-state index in [0.717, 1.165) is 6.07 Å². The van der Waals surface area contributed by atoms with Gasteiger partial charge in [-0.05, 0) is 25.1 Å². The average Bonchev–Trinajstić information content (AvgIpc) is 2.25. The van der Waals surface area contributed by atoms with Gasteiger partial charge in [-0.2, -0.15) is 0 Å². The minimum Gasteiger partial charge on any atom is -0.488 e. The van der Waals surface area contributed by atoms with Crippen LogP contribution >= 0.6 is 0 Å². The van der Waals surface area contributed by atoms with Crippen LogP contribution in [0.3, 0.4) is 0 Å². The molecule has 1 N–H and O–H groups in total. The second-order valence-electron chi connectivity index (χ2n) is 3.31. The second kappa shape index (κ2) is 5.38. The number of alkyl halides is 2. The molecule has 0 radical (unpaired) electrons. The van der Waals surface area contributed by atoms with Gasteiger partial charge in [-0.25, -0.2) is 13.6 Å². The Balaban J connectivity index is 3.04. The third kappa shape index (κ3) is 3.82. The molecule has 0 fully saturated rings. The molecule has 0 aliphatic carbocycles. The third-order valence-electron chi connectivity index (χ3n) is 1.94. The van der Waals surface area contributed by atoms with Crippen LogP contribution in [0.1, 0.15) is 27.6 Å². The van der Waals surface area contributed by atoms with Gasteiger partial charge in [-0.3, -0.25) is 4.79 Å². The van der Waals surface area contributed by atoms with Gasteiger partial charge in [-0.15, -0.1) is 0 Å². The lowest BCUT2D eigenvalue weighted by Crippen LogP contribution is -2.09. The summed E-state index contributed by atoms with van der Waals surface area (Å²) in [5.74, 6) is -1.68. The van der Waals surface area contributed by atoms with E-state index in [-0.39, 0.29) is 22.7 Å². The summed E-state index contributed by atoms with van der Waals surface area (Å²) in [5.41, 5.74) is -0.0730. The summed E-state index contributed by atoms with van der Waals surface area (Å²) in [4.78, 5) is 21.9. The SMILES string of the molecule is CC(=O)c1cc(OCC(F)F)cc(C(=O)O)c1. The van der Waals surface area contributed by atoms with Gasteiger partial charge in [0.2, 0.25) is 0 Å². The van der Waals surface area contributed by atoms with Gasteiger partial charge in [0.25, 0.3) is 6.43 Å². The summed E-state index contributed by atoms with van der Waals surface area (Å²) >= 11 is 0. The smallest absolute Gasteiger partial charge is 0.335 e. The summed E-state index contributed by atoms with van der Waals surface area (Å²) in [6.45, 7) is 0.401. The minimum absolute atomic E-state index is 0.0598. The van der Waals surface area contributed by atoms with E-state index in [1.54, 1.807) is 0 Å². The van der Waals surface area contributed by atoms with Crippen molar-refractivity contribution in [2.75, 3.05) is 6.61 Å². The summed E-state index contributed by atoms with van der Waals surface area (Å²) in [6.07, 6.45) is -2.66. The Hall–Kier alpha value is -1.98. The zero-order valence-corrected chi connectivity index (χ0v) is 8.94. The van der Waals surface area contributed by atoms with Gasteiger partial charge in [0, 0.05) is 5.56 Å². The van der Waals surface area contributed by atoms with Gasteiger partial charge in [-0.1, -0.05) is 0 Å². The normalized spacial score (nSPS) is 10.4. The highest BCUT2D eigenvalue weighted by Gasteiger charge is 2.11. The van der Waals surface area contributed by atoms with Crippen LogP contribution in [-0.2, 0) is 0 Å². The van der Waals surface area contributed by atoms with Gasteiger partial charge in [0.15, 0.2) is 5.78 Å². The van der Waals surface area contributed by atoms with Crippen molar-refractivity contribution in [3.05, 3.63) is 29.3 Å². The molecule has 17 heavy (non-hydrogen) atoms. The molecule has 0 amide bonds. The fourth-order valence-electron chi connectivity index (χ4n) is 1.17. The number of halogens is 2. The van der Waals surface area contributed by atoms with Crippen molar-refractivity contribution in [3.8, 4) is 5.75 Å². The van der Waals surface area contributed by atoms with Crippen LogP contribution in [0.2, 0.25) is 0 Å². The maximum Gasteiger partial charge on any atom is 0.335 e. The zero-order valence-electron chi connectivity index (χ0n) is 8.94. The molecule has 0 bridgehead atoms. The number of hydrogen-bond donors (Lipinski definition) is 1. The van der Waals surface area contributed by atoms with Crippen LogP contribution in [0.5, 0.6) is 5.75 Å². The van der Waals surface area contributed by atoms with E-state index in [1.807, 2.05) is 0 Å². The lowest BCUT2D eigenvalue weighted by atomic mass is 10.1. The molecule has 0 aliphatic rings. The predicted molar refractivity (Wildman–Crippen MR) is 54.9 cm³/mol. The molecular weight excluding hydrogens is 234 g/mol. The number of Topliss-reactive ketones (excluding diaryl/α,β-unsaturated/α-hetero) is 1. The largest absolute Gasteiger partial charge is 0.488 e. The van der Waals surface area contributed by atoms with Crippen LogP contribution in [0, 0.1) is 0 Å². The van der Waals surface area contributed by atoms with Crippen LogP contribution in [0.4, 0.5) is 8.78 Å². The first kappa shape index (κ1) is 13.1. The molecule has 6 heteroatoms. The Kier molecular flexibility index (Phi) is 4.14. The molecule has 1 rings (SSSR count). The highest BCUT2D eigenvalue weighted by Crippen LogP contribution is 2.18. The Labute approximate surface area is 95.8 Å². The zero-order chi connectivity index (χ0) is 13.0. The molecular formula is C11H10F2O4. The lowest BCUT2D eigenvalue weighted by Gasteiger charge is -2.08. The van der Waals surface area contributed by atoms with E-state index < -0.39 is 19.0 Å². The van der Waals surface area contributed by atoms with Crippen molar-refractivity contribution >= 4 is 11.8 Å². The van der Waals surface area contributed by atoms with E-state index in [0.29, 0.717) is 0 Å². The fraction of sp³-hybridized carbons (Fsp3) is 0.273. The van der Waals surface area contributed by atoms with Crippen molar-refractivity contribution in [1.29, 1.82) is 0 Å². The van der Waals surface area contributed by atoms with Crippen LogP contribution in [-0.4, -0.2) is 29.9 Å². The van der Waals surface area contributed by atoms with Crippen molar-refractivity contribution in [2.45, 2.75) is 13.3 Å². The Morgan fingerprint density at radius 3 is 2.35 bits per heavy atom. The van der Waals surface area contributed by atoms with E-state index in [9.17, 15) is 18.4 Å². The lowest BCUT2D eigenvalue weighted by molar-refractivity contribution is 0.0695. The average molecular weight is 244 g/mol. The van der Waals surface area contributed by atoms with Crippen LogP contribution in [0.25, 0.3) is 0 Å². The van der Waals surface area contributed by atoms with Crippen molar-refractivity contribution in [1.82, 2.24) is 0 Å². The first-order valence-corrected chi connectivity index (χ1v) is 4.70. The first-order valence-electron chi connectivity index (χ1n) is 4.70. The van der Waals surface area contributed by atoms with Crippen molar-refractivity contribution in [2.24, 2.45) is 0 Å². The summed E-state index contributed by atoms with van der Waals surface area (Å²) in [7, 11) is 0. The van der Waals surface area contributed by atoms with Crippen molar-refractivity contribution < 1.29 is 28.2 Å². The van der Waals surface area contributed by atoms with Crippen molar-refractivity contribution in [3.63, 3.8) is 0 Å². The monoisotopic (exact) mass is 244 g/mol. The number of benzene rings is 1. The summed E-state index contributed by atoms with van der Waals surface area (Å²) in [6, 6.07) is 3.49. The van der Waals surface area contributed by atoms with Gasteiger partial charge >= 0.3 is 5.97 Å². The molecule has 4 nitrogen and oxygen atoms in total. The molecule has 1 aromatic carbocycles. The van der Waals surface area contributed by atoms with Gasteiger partial charge < -0.3 is 9.84 Å². The first-order chi connectivity index (χ1) is 7.90. The number of rotatable bonds is 5. The molecule has 0 aromatic heterocycles. The molecule has 0 saturated heterocycles. The molecule has 0 atom stereocenters. The molecule has 92 valence electrons. The van der Waals surface area contributed by atoms with E-state index in [4.69, 9.17) is 5.11 Å². The highest BCUT2D eigenvalue weighted by atomic mass is 19.3. The second-order valence-corrected chi connectivity index (χ2v) is 3.31. The predicted octanol–water partition coefficient (Wildman–Crippen LogP) is 2.23. The number of carbonyl (C=O) groups excluding carboxylic acids is 1. The maximum absolute atomic E-state index is 11.9. The number of carboxylic acids is 1. The number of ketones is 1. The summed E-state index contributed by atoms with van der Waals surface area (Å²) in [5, 5.41) is 8.78. The Morgan fingerprint density at radius 2 is 1.88 bits per heavy atom. The van der Waals surface area contributed by atoms with Crippen LogP contribution < -0.4 is 4.74 Å². The summed E-state index contributed by atoms with van der Waals surface area (Å²) < 4.78 is 28.5. The number of carbonyl (C=O) groups is 2. The standard InChI is InChI=1S/C11H10F2O4/c1-6(14)7-2-8(11(15)16)4-9(3-7)17-5-10(12)13/h2-4,10H,5H2,1H3,(H,15,16). The number of hydrogen-bond acceptors (Lipinski definition) is 3. The molecule has 1 aromatic rings. The molecule has 0 heterocycles. The Morgan fingerprint density at radius 1 is 1.29 bits per heavy atom. The van der Waals surface area contributed by atoms with Gasteiger partial charge in [0.1, 0.15) is 12.4 Å². The van der Waals surface area contributed by atoms with Gasteiger partial charge in [0.05, 0.1) is 5.56 Å². The number of ether oxygens (including phenoxy) is 1. The minimum atomic E-state index is -2.66. The third-order valence-corrected chi connectivity index (χ3v) is 1.94. The van der Waals surface area contributed by atoms with E-state index in [2.05, 4.69) is 4.74 Å². The topological polar surface area (TPSA) is 63.6 Å². The van der Waals surface area contributed by atoms with E-state index in [1.165, 1.54) is 19.1 Å². The molecule has 0 unspecified atom stereocenters. The quantitative estimate of drug-likeness (QED) is 0.807. The van der Waals surface area contributed by atoms with Crippen LogP contribution in [0.15, 0.2) is 18.2 Å². The number of carboxylic acid groups (broad SMARTS) is 1. The number of aromatic carboxylic acids is 1. The fourth-order valence-corrected chi connectivity index (χ4v) is 1.17. The Bertz CT molecular complexity index is 411. The van der Waals surface area contributed by atoms with E-state index >= 15 is 0 Å². The molecule has 0 saturated carbocycles. The maximum atomic E-state index is 11.9. The molecule has 0 aliphatic heterocycles. The highest BCUT2D eigenvalue weighted by molar-refractivity contribution is 5.98. The molecule has 0 spiro atoms.